The summed E-state index contributed by atoms with van der Waals surface area (Å²) in [6, 6.07) is 3.45. The maximum Gasteiger partial charge on any atom is 0.258 e. The number of H-pyrrole nitrogens is 1. The molecule has 2 aromatic rings. The number of anilines is 1. The summed E-state index contributed by atoms with van der Waals surface area (Å²) in [6.45, 7) is 0. The molecule has 3 N–H and O–H groups in total. The van der Waals surface area contributed by atoms with Gasteiger partial charge in [0.2, 0.25) is 0 Å². The number of aromatic amines is 1. The van der Waals surface area contributed by atoms with Crippen LogP contribution in [-0.4, -0.2) is 21.8 Å². The number of rotatable bonds is 2. The van der Waals surface area contributed by atoms with Gasteiger partial charge in [0.25, 0.3) is 5.91 Å². The first kappa shape index (κ1) is 13.4. The van der Waals surface area contributed by atoms with Crippen LogP contribution in [0.2, 0.25) is 0 Å². The van der Waals surface area contributed by atoms with Crippen LogP contribution in [0.25, 0.3) is 0 Å². The lowest BCUT2D eigenvalue weighted by atomic mass is 9.93. The summed E-state index contributed by atoms with van der Waals surface area (Å²) in [5.41, 5.74) is 1.33. The van der Waals surface area contributed by atoms with Crippen LogP contribution in [0.3, 0.4) is 0 Å². The van der Waals surface area contributed by atoms with E-state index in [0.29, 0.717) is 12.0 Å². The molecule has 3 rings (SSSR count). The normalized spacial score (nSPS) is 13.9. The first-order chi connectivity index (χ1) is 10.1. The SMILES string of the molecule is O=C(Nc1ccc(O)cc1F)c1c[nH]c2c1C(=O)CCC2. The van der Waals surface area contributed by atoms with E-state index in [-0.39, 0.29) is 22.8 Å². The van der Waals surface area contributed by atoms with Gasteiger partial charge in [-0.15, -0.1) is 0 Å². The van der Waals surface area contributed by atoms with Crippen LogP contribution in [0.15, 0.2) is 24.4 Å². The Kier molecular flexibility index (Phi) is 3.21. The largest absolute Gasteiger partial charge is 0.508 e. The number of amides is 1. The van der Waals surface area contributed by atoms with Crippen LogP contribution in [-0.2, 0) is 6.42 Å². The minimum atomic E-state index is -0.737. The zero-order chi connectivity index (χ0) is 15.0. The number of phenols is 1. The van der Waals surface area contributed by atoms with Crippen LogP contribution in [0.5, 0.6) is 5.75 Å². The number of hydrogen-bond donors (Lipinski definition) is 3. The van der Waals surface area contributed by atoms with Gasteiger partial charge in [0, 0.05) is 24.4 Å². The average Bonchev–Trinajstić information content (AvgIpc) is 2.87. The lowest BCUT2D eigenvalue weighted by Crippen LogP contribution is -2.18. The number of benzene rings is 1. The topological polar surface area (TPSA) is 82.2 Å². The standard InChI is InChI=1S/C15H13FN2O3/c16-10-6-8(19)4-5-11(10)18-15(21)9-7-17-12-2-1-3-13(20)14(9)12/h4-7,17,19H,1-3H2,(H,18,21). The summed E-state index contributed by atoms with van der Waals surface area (Å²) >= 11 is 0. The van der Waals surface area contributed by atoms with E-state index in [4.69, 9.17) is 5.11 Å². The van der Waals surface area contributed by atoms with Gasteiger partial charge in [-0.1, -0.05) is 0 Å². The molecule has 21 heavy (non-hydrogen) atoms. The van der Waals surface area contributed by atoms with Crippen molar-refractivity contribution >= 4 is 17.4 Å². The van der Waals surface area contributed by atoms with E-state index in [9.17, 15) is 14.0 Å². The Bertz CT molecular complexity index is 737. The predicted molar refractivity (Wildman–Crippen MR) is 74.1 cm³/mol. The fourth-order valence-electron chi connectivity index (χ4n) is 2.51. The number of aromatic nitrogens is 1. The van der Waals surface area contributed by atoms with Crippen LogP contribution >= 0.6 is 0 Å². The quantitative estimate of drug-likeness (QED) is 0.743. The second kappa shape index (κ2) is 5.05. The van der Waals surface area contributed by atoms with Crippen molar-refractivity contribution in [3.63, 3.8) is 0 Å². The number of aromatic hydroxyl groups is 1. The average molecular weight is 288 g/mol. The van der Waals surface area contributed by atoms with Gasteiger partial charge in [0.15, 0.2) is 5.78 Å². The van der Waals surface area contributed by atoms with Gasteiger partial charge in [-0.05, 0) is 25.0 Å². The third kappa shape index (κ3) is 2.40. The molecule has 6 heteroatoms. The molecule has 0 atom stereocenters. The van der Waals surface area contributed by atoms with Crippen molar-refractivity contribution < 1.29 is 19.1 Å². The molecule has 5 nitrogen and oxygen atoms in total. The van der Waals surface area contributed by atoms with Gasteiger partial charge in [-0.3, -0.25) is 9.59 Å². The minimum absolute atomic E-state index is 0.0454. The number of phenolic OH excluding ortho intramolecular Hbond substituents is 1. The molecule has 1 heterocycles. The van der Waals surface area contributed by atoms with Crippen LogP contribution in [0.1, 0.15) is 39.3 Å². The van der Waals surface area contributed by atoms with Crippen molar-refractivity contribution in [1.82, 2.24) is 4.98 Å². The van der Waals surface area contributed by atoms with E-state index in [1.54, 1.807) is 0 Å². The molecular weight excluding hydrogens is 275 g/mol. The fraction of sp³-hybridized carbons (Fsp3) is 0.200. The Morgan fingerprint density at radius 2 is 2.14 bits per heavy atom. The van der Waals surface area contributed by atoms with Crippen molar-refractivity contribution in [2.45, 2.75) is 19.3 Å². The number of carbonyl (C=O) groups is 2. The fourth-order valence-corrected chi connectivity index (χ4v) is 2.51. The van der Waals surface area contributed by atoms with Crippen molar-refractivity contribution in [2.24, 2.45) is 0 Å². The van der Waals surface area contributed by atoms with E-state index in [2.05, 4.69) is 10.3 Å². The number of fused-ring (bicyclic) bond motifs is 1. The Hall–Kier alpha value is -2.63. The van der Waals surface area contributed by atoms with E-state index in [0.717, 1.165) is 24.6 Å². The highest BCUT2D eigenvalue weighted by molar-refractivity contribution is 6.13. The zero-order valence-electron chi connectivity index (χ0n) is 11.1. The molecule has 108 valence electrons. The summed E-state index contributed by atoms with van der Waals surface area (Å²) in [6.07, 6.45) is 3.38. The summed E-state index contributed by atoms with van der Waals surface area (Å²) < 4.78 is 13.6. The van der Waals surface area contributed by atoms with E-state index < -0.39 is 11.7 Å². The smallest absolute Gasteiger partial charge is 0.258 e. The highest BCUT2D eigenvalue weighted by Gasteiger charge is 2.26. The molecule has 1 amide bonds. The number of carbonyl (C=O) groups excluding carboxylic acids is 2. The number of hydrogen-bond acceptors (Lipinski definition) is 3. The van der Waals surface area contributed by atoms with Crippen molar-refractivity contribution in [3.8, 4) is 5.75 Å². The molecule has 0 fully saturated rings. The van der Waals surface area contributed by atoms with Crippen molar-refractivity contribution in [1.29, 1.82) is 0 Å². The van der Waals surface area contributed by atoms with Gasteiger partial charge in [0.05, 0.1) is 16.8 Å². The van der Waals surface area contributed by atoms with Gasteiger partial charge >= 0.3 is 0 Å². The lowest BCUT2D eigenvalue weighted by molar-refractivity contribution is 0.0956. The Labute approximate surface area is 119 Å². The summed E-state index contributed by atoms with van der Waals surface area (Å²) in [5, 5.41) is 11.6. The molecule has 0 saturated heterocycles. The van der Waals surface area contributed by atoms with Gasteiger partial charge in [-0.2, -0.15) is 0 Å². The molecule has 1 aliphatic carbocycles. The van der Waals surface area contributed by atoms with Crippen molar-refractivity contribution in [2.75, 3.05) is 5.32 Å². The molecule has 1 aromatic heterocycles. The van der Waals surface area contributed by atoms with Gasteiger partial charge in [0.1, 0.15) is 11.6 Å². The number of Topliss-reactive ketones (excluding diaryl/α,β-unsaturated/α-hetero) is 1. The zero-order valence-corrected chi connectivity index (χ0v) is 11.1. The highest BCUT2D eigenvalue weighted by Crippen LogP contribution is 2.25. The van der Waals surface area contributed by atoms with E-state index >= 15 is 0 Å². The number of halogens is 1. The Morgan fingerprint density at radius 1 is 1.33 bits per heavy atom. The van der Waals surface area contributed by atoms with Crippen LogP contribution in [0.4, 0.5) is 10.1 Å². The first-order valence-electron chi connectivity index (χ1n) is 6.59. The molecule has 1 aromatic carbocycles. The number of aryl methyl sites for hydroxylation is 1. The maximum absolute atomic E-state index is 13.6. The maximum atomic E-state index is 13.6. The molecule has 0 spiro atoms. The van der Waals surface area contributed by atoms with Crippen LogP contribution in [0, 0.1) is 5.82 Å². The summed E-state index contributed by atoms with van der Waals surface area (Å²) in [4.78, 5) is 27.1. The lowest BCUT2D eigenvalue weighted by Gasteiger charge is -2.12. The number of ketones is 1. The predicted octanol–water partition coefficient (Wildman–Crippen LogP) is 2.63. The highest BCUT2D eigenvalue weighted by atomic mass is 19.1. The molecule has 0 saturated carbocycles. The third-order valence-corrected chi connectivity index (χ3v) is 3.52. The molecule has 0 aliphatic heterocycles. The molecule has 0 bridgehead atoms. The van der Waals surface area contributed by atoms with E-state index in [1.165, 1.54) is 18.3 Å². The summed E-state index contributed by atoms with van der Waals surface area (Å²) in [7, 11) is 0. The van der Waals surface area contributed by atoms with Crippen molar-refractivity contribution in [3.05, 3.63) is 47.0 Å². The third-order valence-electron chi connectivity index (χ3n) is 3.52. The summed E-state index contributed by atoms with van der Waals surface area (Å²) in [5.74, 6) is -1.58. The molecule has 1 aliphatic rings. The van der Waals surface area contributed by atoms with Gasteiger partial charge in [-0.25, -0.2) is 4.39 Å². The molecular formula is C15H13FN2O3. The molecule has 0 unspecified atom stereocenters. The Balaban J connectivity index is 1.90. The van der Waals surface area contributed by atoms with E-state index in [1.807, 2.05) is 0 Å². The molecule has 0 radical (unpaired) electrons. The number of nitrogens with one attached hydrogen (secondary N) is 2. The van der Waals surface area contributed by atoms with Gasteiger partial charge < -0.3 is 15.4 Å². The monoisotopic (exact) mass is 288 g/mol. The van der Waals surface area contributed by atoms with Crippen LogP contribution < -0.4 is 5.32 Å². The minimum Gasteiger partial charge on any atom is -0.508 e. The second-order valence-corrected chi connectivity index (χ2v) is 4.95. The second-order valence-electron chi connectivity index (χ2n) is 4.95. The Morgan fingerprint density at radius 3 is 2.90 bits per heavy atom. The first-order valence-corrected chi connectivity index (χ1v) is 6.59.